The Labute approximate surface area is 92.6 Å². The molecule has 1 aromatic rings. The van der Waals surface area contributed by atoms with Gasteiger partial charge in [0, 0.05) is 18.0 Å². The Balaban J connectivity index is 2.52. The van der Waals surface area contributed by atoms with E-state index in [1.54, 1.807) is 6.92 Å². The molecule has 0 aliphatic carbocycles. The molecule has 0 fully saturated rings. The highest BCUT2D eigenvalue weighted by Gasteiger charge is 2.13. The maximum absolute atomic E-state index is 12.6. The molecule has 2 amide bonds. The van der Waals surface area contributed by atoms with E-state index in [9.17, 15) is 14.0 Å². The first-order chi connectivity index (χ1) is 7.49. The van der Waals surface area contributed by atoms with Crippen LogP contribution in [0.3, 0.4) is 0 Å². The van der Waals surface area contributed by atoms with Crippen LogP contribution in [0.15, 0.2) is 24.3 Å². The van der Waals surface area contributed by atoms with E-state index in [2.05, 4.69) is 5.32 Å². The highest BCUT2D eigenvalue weighted by Crippen LogP contribution is 2.10. The topological polar surface area (TPSA) is 72.2 Å². The second kappa shape index (κ2) is 5.25. The van der Waals surface area contributed by atoms with Crippen LogP contribution in [0.5, 0.6) is 0 Å². The minimum atomic E-state index is -0.519. The molecule has 0 saturated heterocycles. The zero-order valence-corrected chi connectivity index (χ0v) is 8.87. The predicted molar refractivity (Wildman–Crippen MR) is 58.0 cm³/mol. The van der Waals surface area contributed by atoms with Crippen LogP contribution in [-0.2, 0) is 9.59 Å². The average molecular weight is 224 g/mol. The second-order valence-corrected chi connectivity index (χ2v) is 3.56. The minimum Gasteiger partial charge on any atom is -0.369 e. The Hall–Kier alpha value is -1.91. The normalized spacial score (nSPS) is 11.9. The van der Waals surface area contributed by atoms with E-state index >= 15 is 0 Å². The van der Waals surface area contributed by atoms with Crippen LogP contribution in [0.4, 0.5) is 10.1 Å². The van der Waals surface area contributed by atoms with Crippen LogP contribution >= 0.6 is 0 Å². The first kappa shape index (κ1) is 12.2. The first-order valence-corrected chi connectivity index (χ1v) is 4.84. The summed E-state index contributed by atoms with van der Waals surface area (Å²) in [5, 5.41) is 2.54. The van der Waals surface area contributed by atoms with Crippen LogP contribution in [0, 0.1) is 11.7 Å². The number of hydrogen-bond donors (Lipinski definition) is 2. The van der Waals surface area contributed by atoms with Gasteiger partial charge in [-0.05, 0) is 24.3 Å². The molecular weight excluding hydrogens is 211 g/mol. The second-order valence-electron chi connectivity index (χ2n) is 3.56. The summed E-state index contributed by atoms with van der Waals surface area (Å²) in [5.74, 6) is -1.73. The summed E-state index contributed by atoms with van der Waals surface area (Å²) in [6.45, 7) is 1.58. The maximum atomic E-state index is 12.6. The van der Waals surface area contributed by atoms with Gasteiger partial charge in [-0.25, -0.2) is 4.39 Å². The highest BCUT2D eigenvalue weighted by atomic mass is 19.1. The maximum Gasteiger partial charge on any atom is 0.225 e. The molecule has 5 heteroatoms. The molecule has 0 radical (unpaired) electrons. The quantitative estimate of drug-likeness (QED) is 0.808. The standard InChI is InChI=1S/C11H13FN2O2/c1-7(11(13)16)6-10(15)14-9-4-2-8(12)3-5-9/h2-5,7H,6H2,1H3,(H2,13,16)(H,14,15). The van der Waals surface area contributed by atoms with E-state index in [0.29, 0.717) is 5.69 Å². The number of rotatable bonds is 4. The van der Waals surface area contributed by atoms with E-state index in [-0.39, 0.29) is 18.1 Å². The number of amides is 2. The first-order valence-electron chi connectivity index (χ1n) is 4.84. The number of carbonyl (C=O) groups is 2. The Morgan fingerprint density at radius 1 is 1.38 bits per heavy atom. The molecule has 86 valence electrons. The highest BCUT2D eigenvalue weighted by molar-refractivity contribution is 5.93. The number of benzene rings is 1. The Bertz CT molecular complexity index is 389. The number of hydrogen-bond acceptors (Lipinski definition) is 2. The van der Waals surface area contributed by atoms with Gasteiger partial charge in [-0.3, -0.25) is 9.59 Å². The fourth-order valence-corrected chi connectivity index (χ4v) is 1.12. The van der Waals surface area contributed by atoms with Gasteiger partial charge < -0.3 is 11.1 Å². The molecule has 1 unspecified atom stereocenters. The Morgan fingerprint density at radius 3 is 2.44 bits per heavy atom. The fraction of sp³-hybridized carbons (Fsp3) is 0.273. The van der Waals surface area contributed by atoms with Gasteiger partial charge >= 0.3 is 0 Å². The van der Waals surface area contributed by atoms with E-state index in [0.717, 1.165) is 0 Å². The van der Waals surface area contributed by atoms with Gasteiger partial charge in [0.1, 0.15) is 5.82 Å². The van der Waals surface area contributed by atoms with Crippen molar-refractivity contribution in [1.29, 1.82) is 0 Å². The van der Waals surface area contributed by atoms with Crippen molar-refractivity contribution in [3.63, 3.8) is 0 Å². The van der Waals surface area contributed by atoms with Crippen molar-refractivity contribution >= 4 is 17.5 Å². The van der Waals surface area contributed by atoms with Crippen LogP contribution in [0.2, 0.25) is 0 Å². The molecule has 16 heavy (non-hydrogen) atoms. The van der Waals surface area contributed by atoms with Crippen molar-refractivity contribution in [3.05, 3.63) is 30.1 Å². The van der Waals surface area contributed by atoms with Gasteiger partial charge in [0.25, 0.3) is 0 Å². The van der Waals surface area contributed by atoms with Crippen molar-refractivity contribution in [2.24, 2.45) is 11.7 Å². The van der Waals surface area contributed by atoms with E-state index < -0.39 is 11.8 Å². The zero-order valence-electron chi connectivity index (χ0n) is 8.87. The lowest BCUT2D eigenvalue weighted by molar-refractivity contribution is -0.125. The SMILES string of the molecule is CC(CC(=O)Nc1ccc(F)cc1)C(N)=O. The van der Waals surface area contributed by atoms with Crippen molar-refractivity contribution in [2.75, 3.05) is 5.32 Å². The fourth-order valence-electron chi connectivity index (χ4n) is 1.12. The summed E-state index contributed by atoms with van der Waals surface area (Å²) in [4.78, 5) is 22.1. The van der Waals surface area contributed by atoms with Gasteiger partial charge in [0.15, 0.2) is 0 Å². The molecule has 1 atom stereocenters. The summed E-state index contributed by atoms with van der Waals surface area (Å²) in [6, 6.07) is 5.38. The molecule has 0 aliphatic heterocycles. The average Bonchev–Trinajstić information content (AvgIpc) is 2.21. The summed E-state index contributed by atoms with van der Waals surface area (Å²) >= 11 is 0. The molecule has 0 spiro atoms. The predicted octanol–water partition coefficient (Wildman–Crippen LogP) is 1.28. The monoisotopic (exact) mass is 224 g/mol. The molecule has 0 aliphatic rings. The van der Waals surface area contributed by atoms with Gasteiger partial charge in [-0.15, -0.1) is 0 Å². The summed E-state index contributed by atoms with van der Waals surface area (Å²) in [5.41, 5.74) is 5.52. The van der Waals surface area contributed by atoms with Crippen molar-refractivity contribution in [3.8, 4) is 0 Å². The van der Waals surface area contributed by atoms with Gasteiger partial charge in [0.2, 0.25) is 11.8 Å². The smallest absolute Gasteiger partial charge is 0.225 e. The molecule has 0 heterocycles. The zero-order chi connectivity index (χ0) is 12.1. The lowest BCUT2D eigenvalue weighted by Crippen LogP contribution is -2.25. The van der Waals surface area contributed by atoms with E-state index in [1.165, 1.54) is 24.3 Å². The summed E-state index contributed by atoms with van der Waals surface area (Å²) in [7, 11) is 0. The van der Waals surface area contributed by atoms with Gasteiger partial charge in [-0.2, -0.15) is 0 Å². The molecule has 0 saturated carbocycles. The third-order valence-corrected chi connectivity index (χ3v) is 2.11. The molecule has 3 N–H and O–H groups in total. The number of primary amides is 1. The Kier molecular flexibility index (Phi) is 3.99. The van der Waals surface area contributed by atoms with Gasteiger partial charge in [-0.1, -0.05) is 6.92 Å². The van der Waals surface area contributed by atoms with E-state index in [1.807, 2.05) is 0 Å². The van der Waals surface area contributed by atoms with Gasteiger partial charge in [0.05, 0.1) is 0 Å². The number of anilines is 1. The van der Waals surface area contributed by atoms with Crippen molar-refractivity contribution in [1.82, 2.24) is 0 Å². The summed E-state index contributed by atoms with van der Waals surface area (Å²) < 4.78 is 12.6. The Morgan fingerprint density at radius 2 is 1.94 bits per heavy atom. The third kappa shape index (κ3) is 3.68. The molecule has 0 bridgehead atoms. The van der Waals surface area contributed by atoms with Crippen molar-refractivity contribution in [2.45, 2.75) is 13.3 Å². The number of nitrogens with two attached hydrogens (primary N) is 1. The van der Waals surface area contributed by atoms with Crippen LogP contribution in [0.1, 0.15) is 13.3 Å². The number of carbonyl (C=O) groups excluding carboxylic acids is 2. The largest absolute Gasteiger partial charge is 0.369 e. The molecule has 1 aromatic carbocycles. The molecular formula is C11H13FN2O2. The molecule has 1 rings (SSSR count). The lowest BCUT2D eigenvalue weighted by Gasteiger charge is -2.08. The third-order valence-electron chi connectivity index (χ3n) is 2.11. The number of halogens is 1. The van der Waals surface area contributed by atoms with Crippen LogP contribution < -0.4 is 11.1 Å². The molecule has 4 nitrogen and oxygen atoms in total. The summed E-state index contributed by atoms with van der Waals surface area (Å²) in [6.07, 6.45) is 0.0205. The number of nitrogens with one attached hydrogen (secondary N) is 1. The van der Waals surface area contributed by atoms with E-state index in [4.69, 9.17) is 5.73 Å². The molecule has 0 aromatic heterocycles. The lowest BCUT2D eigenvalue weighted by atomic mass is 10.1. The van der Waals surface area contributed by atoms with Crippen molar-refractivity contribution < 1.29 is 14.0 Å². The minimum absolute atomic E-state index is 0.0205. The van der Waals surface area contributed by atoms with Crippen LogP contribution in [0.25, 0.3) is 0 Å². The van der Waals surface area contributed by atoms with Crippen LogP contribution in [-0.4, -0.2) is 11.8 Å².